The molecule has 8 heteroatoms. The van der Waals surface area contributed by atoms with E-state index in [1.165, 1.54) is 24.3 Å². The number of hydrogen-bond acceptors (Lipinski definition) is 4. The van der Waals surface area contributed by atoms with E-state index in [2.05, 4.69) is 15.9 Å². The van der Waals surface area contributed by atoms with Crippen LogP contribution in [-0.4, -0.2) is 24.7 Å². The summed E-state index contributed by atoms with van der Waals surface area (Å²) in [6.07, 6.45) is 0. The predicted octanol–water partition coefficient (Wildman–Crippen LogP) is 3.64. The van der Waals surface area contributed by atoms with Gasteiger partial charge in [-0.25, -0.2) is 8.42 Å². The zero-order valence-electron chi connectivity index (χ0n) is 12.6. The van der Waals surface area contributed by atoms with Crippen molar-refractivity contribution >= 4 is 43.3 Å². The molecule has 2 aromatic carbocycles. The first-order valence-corrected chi connectivity index (χ1v) is 9.86. The third-order valence-corrected chi connectivity index (χ3v) is 7.40. The SMILES string of the molecule is N#C[C@]1(C(=O)O)[C@H](c2ccc(Br)cc2)[C@H]1S(=O)(=O)c1ccc(Cl)cc1. The van der Waals surface area contributed by atoms with Gasteiger partial charge in [0.15, 0.2) is 15.3 Å². The van der Waals surface area contributed by atoms with Crippen LogP contribution in [0.5, 0.6) is 0 Å². The number of benzene rings is 2. The highest BCUT2D eigenvalue weighted by Crippen LogP contribution is 2.64. The Kier molecular flexibility index (Phi) is 4.40. The quantitative estimate of drug-likeness (QED) is 0.783. The van der Waals surface area contributed by atoms with Gasteiger partial charge in [0.05, 0.1) is 11.0 Å². The average Bonchev–Trinajstić information content (AvgIpc) is 3.27. The summed E-state index contributed by atoms with van der Waals surface area (Å²) in [5, 5.41) is 18.1. The van der Waals surface area contributed by atoms with Crippen molar-refractivity contribution in [3.63, 3.8) is 0 Å². The lowest BCUT2D eigenvalue weighted by atomic mass is 10.0. The molecule has 0 heterocycles. The zero-order chi connectivity index (χ0) is 18.4. The van der Waals surface area contributed by atoms with E-state index in [1.54, 1.807) is 30.3 Å². The molecule has 128 valence electrons. The highest BCUT2D eigenvalue weighted by Gasteiger charge is 2.77. The summed E-state index contributed by atoms with van der Waals surface area (Å²) < 4.78 is 26.7. The second kappa shape index (κ2) is 6.13. The number of sulfone groups is 1. The molecular formula is C17H11BrClNO4S. The number of carboxylic acids is 1. The Morgan fingerprint density at radius 2 is 1.72 bits per heavy atom. The zero-order valence-corrected chi connectivity index (χ0v) is 15.7. The molecule has 1 fully saturated rings. The van der Waals surface area contributed by atoms with Crippen molar-refractivity contribution in [2.45, 2.75) is 16.1 Å². The van der Waals surface area contributed by atoms with E-state index in [4.69, 9.17) is 11.6 Å². The standard InChI is InChI=1S/C17H11BrClNO4S/c18-11-3-1-10(2-4-11)14-15(17(14,9-20)16(21)22)25(23,24)13-7-5-12(19)6-8-13/h1-8,14-15H,(H,21,22)/t14-,15-,17+/m1/s1. The van der Waals surface area contributed by atoms with Crippen LogP contribution in [0.1, 0.15) is 11.5 Å². The van der Waals surface area contributed by atoms with E-state index in [9.17, 15) is 23.6 Å². The maximum atomic E-state index is 13.0. The van der Waals surface area contributed by atoms with Gasteiger partial charge in [0.2, 0.25) is 0 Å². The van der Waals surface area contributed by atoms with Gasteiger partial charge in [0.1, 0.15) is 5.25 Å². The molecular weight excluding hydrogens is 430 g/mol. The molecule has 0 saturated heterocycles. The predicted molar refractivity (Wildman–Crippen MR) is 95.0 cm³/mol. The lowest BCUT2D eigenvalue weighted by molar-refractivity contribution is -0.141. The number of carboxylic acid groups (broad SMARTS) is 1. The Labute approximate surface area is 157 Å². The first-order valence-electron chi connectivity index (χ1n) is 7.14. The number of carbonyl (C=O) groups is 1. The molecule has 3 atom stereocenters. The van der Waals surface area contributed by atoms with E-state index in [0.29, 0.717) is 10.6 Å². The normalized spacial score (nSPS) is 25.2. The first kappa shape index (κ1) is 17.9. The summed E-state index contributed by atoms with van der Waals surface area (Å²) in [7, 11) is -4.03. The molecule has 1 saturated carbocycles. The lowest BCUT2D eigenvalue weighted by Crippen LogP contribution is -2.22. The molecule has 3 rings (SSSR count). The summed E-state index contributed by atoms with van der Waals surface area (Å²) in [4.78, 5) is 11.7. The van der Waals surface area contributed by atoms with Crippen LogP contribution in [-0.2, 0) is 14.6 Å². The fourth-order valence-corrected chi connectivity index (χ4v) is 5.73. The van der Waals surface area contributed by atoms with Crippen LogP contribution in [0.3, 0.4) is 0 Å². The largest absolute Gasteiger partial charge is 0.480 e. The van der Waals surface area contributed by atoms with Gasteiger partial charge in [-0.15, -0.1) is 0 Å². The molecule has 0 amide bonds. The Bertz CT molecular complexity index is 983. The van der Waals surface area contributed by atoms with Crippen LogP contribution in [0.2, 0.25) is 5.02 Å². The van der Waals surface area contributed by atoms with E-state index in [-0.39, 0.29) is 4.90 Å². The summed E-state index contributed by atoms with van der Waals surface area (Å²) >= 11 is 9.06. The van der Waals surface area contributed by atoms with Gasteiger partial charge in [-0.2, -0.15) is 5.26 Å². The van der Waals surface area contributed by atoms with Crippen LogP contribution in [0.4, 0.5) is 0 Å². The van der Waals surface area contributed by atoms with Crippen LogP contribution in [0.15, 0.2) is 57.9 Å². The van der Waals surface area contributed by atoms with Crippen molar-refractivity contribution in [2.75, 3.05) is 0 Å². The van der Waals surface area contributed by atoms with Crippen LogP contribution in [0.25, 0.3) is 0 Å². The van der Waals surface area contributed by atoms with Gasteiger partial charge in [0.25, 0.3) is 0 Å². The first-order chi connectivity index (χ1) is 11.7. The molecule has 0 aromatic heterocycles. The molecule has 0 unspecified atom stereocenters. The Balaban J connectivity index is 2.12. The highest BCUT2D eigenvalue weighted by atomic mass is 79.9. The Morgan fingerprint density at radius 1 is 1.16 bits per heavy atom. The molecule has 0 aliphatic heterocycles. The molecule has 0 spiro atoms. The minimum atomic E-state index is -4.03. The summed E-state index contributed by atoms with van der Waals surface area (Å²) in [6.45, 7) is 0. The van der Waals surface area contributed by atoms with Crippen molar-refractivity contribution in [2.24, 2.45) is 5.41 Å². The second-order valence-corrected chi connectivity index (χ2v) is 9.16. The lowest BCUT2D eigenvalue weighted by Gasteiger charge is -2.05. The average molecular weight is 441 g/mol. The Hall–Kier alpha value is -1.88. The van der Waals surface area contributed by atoms with Crippen molar-refractivity contribution in [3.8, 4) is 6.07 Å². The second-order valence-electron chi connectivity index (χ2n) is 5.73. The molecule has 0 radical (unpaired) electrons. The van der Waals surface area contributed by atoms with Gasteiger partial charge in [0, 0.05) is 15.4 Å². The molecule has 1 aliphatic rings. The number of rotatable bonds is 4. The summed E-state index contributed by atoms with van der Waals surface area (Å²) in [5.74, 6) is -2.38. The maximum absolute atomic E-state index is 13.0. The number of aliphatic carboxylic acids is 1. The fraction of sp³-hybridized carbons (Fsp3) is 0.176. The van der Waals surface area contributed by atoms with Crippen LogP contribution < -0.4 is 0 Å². The monoisotopic (exact) mass is 439 g/mol. The number of halogens is 2. The molecule has 2 aromatic rings. The molecule has 5 nitrogen and oxygen atoms in total. The molecule has 0 bridgehead atoms. The van der Waals surface area contributed by atoms with E-state index in [1.807, 2.05) is 0 Å². The van der Waals surface area contributed by atoms with Crippen molar-refractivity contribution in [3.05, 3.63) is 63.6 Å². The van der Waals surface area contributed by atoms with Crippen molar-refractivity contribution in [1.82, 2.24) is 0 Å². The Morgan fingerprint density at radius 3 is 2.20 bits per heavy atom. The van der Waals surface area contributed by atoms with E-state index < -0.39 is 32.4 Å². The smallest absolute Gasteiger partial charge is 0.326 e. The third kappa shape index (κ3) is 2.74. The van der Waals surface area contributed by atoms with Gasteiger partial charge < -0.3 is 5.11 Å². The van der Waals surface area contributed by atoms with E-state index in [0.717, 1.165) is 4.47 Å². The van der Waals surface area contributed by atoms with Gasteiger partial charge in [-0.05, 0) is 42.0 Å². The molecule has 1 aliphatic carbocycles. The van der Waals surface area contributed by atoms with Gasteiger partial charge in [-0.1, -0.05) is 39.7 Å². The molecule has 1 N–H and O–H groups in total. The number of nitrogens with zero attached hydrogens (tertiary/aromatic N) is 1. The fourth-order valence-electron chi connectivity index (χ4n) is 3.09. The van der Waals surface area contributed by atoms with E-state index >= 15 is 0 Å². The highest BCUT2D eigenvalue weighted by molar-refractivity contribution is 9.10. The van der Waals surface area contributed by atoms with Gasteiger partial charge >= 0.3 is 5.97 Å². The summed E-state index contributed by atoms with van der Waals surface area (Å²) in [6, 6.07) is 13.8. The molecule has 25 heavy (non-hydrogen) atoms. The minimum Gasteiger partial charge on any atom is -0.480 e. The van der Waals surface area contributed by atoms with Crippen molar-refractivity contribution < 1.29 is 18.3 Å². The van der Waals surface area contributed by atoms with Crippen molar-refractivity contribution in [1.29, 1.82) is 5.26 Å². The minimum absolute atomic E-state index is 0.0533. The topological polar surface area (TPSA) is 95.2 Å². The van der Waals surface area contributed by atoms with Crippen LogP contribution in [0, 0.1) is 16.7 Å². The van der Waals surface area contributed by atoms with Gasteiger partial charge in [-0.3, -0.25) is 4.79 Å². The summed E-state index contributed by atoms with van der Waals surface area (Å²) in [5.41, 5.74) is -1.51. The third-order valence-electron chi connectivity index (χ3n) is 4.38. The number of hydrogen-bond donors (Lipinski definition) is 1. The van der Waals surface area contributed by atoms with Crippen LogP contribution >= 0.6 is 27.5 Å². The number of nitriles is 1. The maximum Gasteiger partial charge on any atom is 0.326 e.